The van der Waals surface area contributed by atoms with Gasteiger partial charge in [-0.25, -0.2) is 14.1 Å². The molecule has 1 N–H and O–H groups in total. The van der Waals surface area contributed by atoms with Crippen LogP contribution in [-0.2, 0) is 13.0 Å². The van der Waals surface area contributed by atoms with Gasteiger partial charge in [0.15, 0.2) is 5.82 Å². The lowest BCUT2D eigenvalue weighted by molar-refractivity contribution is 0.0759. The topological polar surface area (TPSA) is 79.7 Å². The highest BCUT2D eigenvalue weighted by Crippen LogP contribution is 2.38. The van der Waals surface area contributed by atoms with Crippen LogP contribution in [0.25, 0.3) is 11.3 Å². The molecular weight excluding hydrogens is 347 g/mol. The molecule has 1 saturated carbocycles. The van der Waals surface area contributed by atoms with Gasteiger partial charge in [0.1, 0.15) is 11.6 Å². The van der Waals surface area contributed by atoms with Gasteiger partial charge in [-0.05, 0) is 25.0 Å². The first-order chi connectivity index (χ1) is 13.2. The van der Waals surface area contributed by atoms with Gasteiger partial charge in [0.25, 0.3) is 5.91 Å². The molecule has 0 bridgehead atoms. The molecule has 0 spiro atoms. The number of benzene rings is 1. The smallest absolute Gasteiger partial charge is 0.257 e. The number of nitrogens with zero attached hydrogens (tertiary/aromatic N) is 5. The summed E-state index contributed by atoms with van der Waals surface area (Å²) in [5.74, 6) is 1.97. The fourth-order valence-electron chi connectivity index (χ4n) is 3.52. The van der Waals surface area contributed by atoms with Crippen LogP contribution < -0.4 is 0 Å². The van der Waals surface area contributed by atoms with Crippen LogP contribution in [0.4, 0.5) is 4.39 Å². The highest BCUT2D eigenvalue weighted by molar-refractivity contribution is 5.99. The van der Waals surface area contributed by atoms with E-state index in [2.05, 4.69) is 20.3 Å². The summed E-state index contributed by atoms with van der Waals surface area (Å²) in [5, 5.41) is 11.5. The van der Waals surface area contributed by atoms with Crippen molar-refractivity contribution in [1.29, 1.82) is 0 Å². The van der Waals surface area contributed by atoms with Gasteiger partial charge in [-0.15, -0.1) is 0 Å². The van der Waals surface area contributed by atoms with Gasteiger partial charge in [0, 0.05) is 31.0 Å². The van der Waals surface area contributed by atoms with E-state index in [-0.39, 0.29) is 11.7 Å². The van der Waals surface area contributed by atoms with Crippen molar-refractivity contribution < 1.29 is 9.18 Å². The molecule has 0 unspecified atom stereocenters. The zero-order chi connectivity index (χ0) is 18.4. The van der Waals surface area contributed by atoms with Gasteiger partial charge >= 0.3 is 0 Å². The van der Waals surface area contributed by atoms with E-state index in [4.69, 9.17) is 0 Å². The molecule has 1 aromatic carbocycles. The number of rotatable bonds is 3. The summed E-state index contributed by atoms with van der Waals surface area (Å²) < 4.78 is 15.5. The van der Waals surface area contributed by atoms with Crippen LogP contribution in [0.5, 0.6) is 0 Å². The third-order valence-corrected chi connectivity index (χ3v) is 5.16. The number of fused-ring (bicyclic) bond motifs is 1. The summed E-state index contributed by atoms with van der Waals surface area (Å²) in [4.78, 5) is 19.5. The van der Waals surface area contributed by atoms with E-state index < -0.39 is 0 Å². The zero-order valence-corrected chi connectivity index (χ0v) is 14.7. The Hall–Kier alpha value is -3.03. The Morgan fingerprint density at radius 1 is 1.22 bits per heavy atom. The molecule has 1 amide bonds. The number of aromatic amines is 1. The molecule has 1 aliphatic carbocycles. The van der Waals surface area contributed by atoms with Crippen molar-refractivity contribution in [2.24, 2.45) is 0 Å². The van der Waals surface area contributed by atoms with Crippen molar-refractivity contribution in [2.45, 2.75) is 31.7 Å². The fourth-order valence-corrected chi connectivity index (χ4v) is 3.52. The molecule has 8 heteroatoms. The number of amides is 1. The first kappa shape index (κ1) is 16.2. The van der Waals surface area contributed by atoms with Gasteiger partial charge in [-0.3, -0.25) is 9.89 Å². The van der Waals surface area contributed by atoms with Crippen molar-refractivity contribution in [1.82, 2.24) is 29.9 Å². The average molecular weight is 366 g/mol. The second-order valence-corrected chi connectivity index (χ2v) is 7.09. The lowest BCUT2D eigenvalue weighted by Crippen LogP contribution is -2.33. The predicted octanol–water partition coefficient (Wildman–Crippen LogP) is 2.38. The molecule has 27 heavy (non-hydrogen) atoms. The van der Waals surface area contributed by atoms with Crippen molar-refractivity contribution in [2.75, 3.05) is 13.1 Å². The molecule has 1 fully saturated rings. The van der Waals surface area contributed by atoms with Gasteiger partial charge in [-0.2, -0.15) is 10.2 Å². The van der Waals surface area contributed by atoms with Crippen LogP contribution >= 0.6 is 0 Å². The molecule has 1 aliphatic heterocycles. The molecule has 3 aromatic rings. The molecule has 0 atom stereocenters. The second kappa shape index (κ2) is 6.29. The Morgan fingerprint density at radius 3 is 2.93 bits per heavy atom. The Bertz CT molecular complexity index is 980. The quantitative estimate of drug-likeness (QED) is 0.772. The fraction of sp³-hybridized carbons (Fsp3) is 0.368. The molecular formula is C19H19FN6O. The van der Waals surface area contributed by atoms with Gasteiger partial charge in [-0.1, -0.05) is 12.1 Å². The number of H-pyrrole nitrogens is 1. The molecule has 0 radical (unpaired) electrons. The van der Waals surface area contributed by atoms with Crippen molar-refractivity contribution >= 4 is 5.91 Å². The van der Waals surface area contributed by atoms with Crippen LogP contribution in [0.3, 0.4) is 0 Å². The number of hydrogen-bond acceptors (Lipinski definition) is 4. The summed E-state index contributed by atoms with van der Waals surface area (Å²) in [6.07, 6.45) is 4.54. The highest BCUT2D eigenvalue weighted by atomic mass is 19.1. The Kier molecular flexibility index (Phi) is 3.77. The summed E-state index contributed by atoms with van der Waals surface area (Å²) in [6.45, 7) is 1.77. The van der Waals surface area contributed by atoms with E-state index >= 15 is 0 Å². The van der Waals surface area contributed by atoms with E-state index in [0.717, 1.165) is 11.6 Å². The average Bonchev–Trinajstić information content (AvgIpc) is 3.32. The van der Waals surface area contributed by atoms with Crippen LogP contribution in [0.2, 0.25) is 0 Å². The normalized spacial score (nSPS) is 16.9. The number of halogens is 1. The van der Waals surface area contributed by atoms with Crippen LogP contribution in [-0.4, -0.2) is 48.9 Å². The van der Waals surface area contributed by atoms with E-state index in [1.165, 1.54) is 31.2 Å². The number of carbonyl (C=O) groups excluding carboxylic acids is 1. The molecule has 2 aromatic heterocycles. The maximum atomic E-state index is 13.6. The highest BCUT2D eigenvalue weighted by Gasteiger charge is 2.30. The van der Waals surface area contributed by atoms with Crippen molar-refractivity contribution in [3.05, 3.63) is 53.5 Å². The van der Waals surface area contributed by atoms with Gasteiger partial charge < -0.3 is 4.90 Å². The molecule has 2 aliphatic rings. The van der Waals surface area contributed by atoms with E-state index in [9.17, 15) is 9.18 Å². The molecule has 0 saturated heterocycles. The lowest BCUT2D eigenvalue weighted by atomic mass is 10.1. The van der Waals surface area contributed by atoms with Gasteiger partial charge in [0.2, 0.25) is 0 Å². The van der Waals surface area contributed by atoms with Crippen LogP contribution in [0.1, 0.15) is 40.8 Å². The Balaban J connectivity index is 1.36. The Labute approximate surface area is 155 Å². The van der Waals surface area contributed by atoms with E-state index in [0.29, 0.717) is 48.8 Å². The monoisotopic (exact) mass is 366 g/mol. The van der Waals surface area contributed by atoms with E-state index in [1.807, 2.05) is 4.68 Å². The minimum Gasteiger partial charge on any atom is -0.336 e. The number of carbonyl (C=O) groups is 1. The van der Waals surface area contributed by atoms with Gasteiger partial charge in [0.05, 0.1) is 24.0 Å². The molecule has 138 valence electrons. The first-order valence-corrected chi connectivity index (χ1v) is 9.21. The maximum Gasteiger partial charge on any atom is 0.257 e. The van der Waals surface area contributed by atoms with Crippen LogP contribution in [0, 0.1) is 5.82 Å². The van der Waals surface area contributed by atoms with Crippen molar-refractivity contribution in [3.8, 4) is 11.3 Å². The number of aromatic nitrogens is 5. The lowest BCUT2D eigenvalue weighted by Gasteiger charge is -2.19. The largest absolute Gasteiger partial charge is 0.336 e. The Morgan fingerprint density at radius 2 is 2.11 bits per heavy atom. The SMILES string of the molecule is O=C(c1cn[nH]c1-c1cccc(F)c1)N1CCc2nc(C3CC3)nn2CC1. The minimum atomic E-state index is -0.349. The molecule has 3 heterocycles. The van der Waals surface area contributed by atoms with E-state index in [1.54, 1.807) is 17.0 Å². The third-order valence-electron chi connectivity index (χ3n) is 5.16. The first-order valence-electron chi connectivity index (χ1n) is 9.21. The number of nitrogens with one attached hydrogen (secondary N) is 1. The summed E-state index contributed by atoms with van der Waals surface area (Å²) in [6, 6.07) is 6.15. The number of hydrogen-bond donors (Lipinski definition) is 1. The second-order valence-electron chi connectivity index (χ2n) is 7.09. The zero-order valence-electron chi connectivity index (χ0n) is 14.7. The summed E-state index contributed by atoms with van der Waals surface area (Å²) in [5.41, 5.74) is 1.59. The maximum absolute atomic E-state index is 13.6. The summed E-state index contributed by atoms with van der Waals surface area (Å²) >= 11 is 0. The standard InChI is InChI=1S/C19H19FN6O/c20-14-3-1-2-13(10-14)17-15(11-21-23-17)19(27)25-7-6-16-22-18(12-4-5-12)24-26(16)9-8-25/h1-3,10-12H,4-9H2,(H,21,23). The summed E-state index contributed by atoms with van der Waals surface area (Å²) in [7, 11) is 0. The minimum absolute atomic E-state index is 0.115. The van der Waals surface area contributed by atoms with Crippen LogP contribution in [0.15, 0.2) is 30.5 Å². The molecule has 7 nitrogen and oxygen atoms in total. The third kappa shape index (κ3) is 3.01. The van der Waals surface area contributed by atoms with Crippen molar-refractivity contribution in [3.63, 3.8) is 0 Å². The predicted molar refractivity (Wildman–Crippen MR) is 95.6 cm³/mol. The molecule has 5 rings (SSSR count).